The number of carbonyl (C=O) groups excluding carboxylic acids is 4. The van der Waals surface area contributed by atoms with Crippen LogP contribution in [0, 0.1) is 13.8 Å². The number of ether oxygens (including phenoxy) is 2. The number of benzene rings is 3. The molecule has 3 atom stereocenters. The predicted octanol–water partition coefficient (Wildman–Crippen LogP) is 7.96. The zero-order valence-corrected chi connectivity index (χ0v) is 32.6. The Morgan fingerprint density at radius 1 is 0.673 bits per heavy atom. The maximum atomic E-state index is 15.0. The van der Waals surface area contributed by atoms with Crippen molar-refractivity contribution in [2.75, 3.05) is 6.54 Å². The van der Waals surface area contributed by atoms with Crippen molar-refractivity contribution >= 4 is 23.9 Å². The van der Waals surface area contributed by atoms with Gasteiger partial charge in [0.1, 0.15) is 29.3 Å². The minimum atomic E-state index is -1.12. The molecule has 3 rings (SSSR count). The second-order valence-corrected chi connectivity index (χ2v) is 15.5. The molecule has 0 saturated heterocycles. The van der Waals surface area contributed by atoms with Crippen molar-refractivity contribution in [3.05, 3.63) is 107 Å². The second kappa shape index (κ2) is 19.3. The van der Waals surface area contributed by atoms with Crippen LogP contribution in [-0.2, 0) is 36.7 Å². The van der Waals surface area contributed by atoms with E-state index in [0.29, 0.717) is 12.0 Å². The molecule has 0 radical (unpaired) electrons. The van der Waals surface area contributed by atoms with E-state index in [2.05, 4.69) is 17.6 Å². The fraction of sp³-hybridized carbons (Fsp3) is 0.488. The minimum absolute atomic E-state index is 0.181. The van der Waals surface area contributed by atoms with Gasteiger partial charge in [-0.3, -0.25) is 9.59 Å². The molecule has 9 nitrogen and oxygen atoms in total. The van der Waals surface area contributed by atoms with Crippen LogP contribution in [0.1, 0.15) is 108 Å². The first-order chi connectivity index (χ1) is 24.5. The Bertz CT molecular complexity index is 1610. The number of nitrogens with one attached hydrogen (secondary N) is 2. The van der Waals surface area contributed by atoms with Gasteiger partial charge in [0.15, 0.2) is 0 Å². The lowest BCUT2D eigenvalue weighted by Gasteiger charge is -2.35. The molecule has 3 aromatic rings. The summed E-state index contributed by atoms with van der Waals surface area (Å²) < 4.78 is 11.4. The lowest BCUT2D eigenvalue weighted by molar-refractivity contribution is -0.159. The standard InChI is InChI=1S/C43H59N3O6/c1-10-11-12-19-26-46(39(48)35(28-32-20-15-13-16-21-32)45-41(50)52-43(7,8)9)37(34-25-24-30(2)31(3)27-34)38(47)44-36(40(49)51-42(4,5)6)29-33-22-17-14-18-23-33/h13-18,20-25,27,35-37H,10-12,19,26,28-29H2,1-9H3,(H,44,47)(H,45,50). The van der Waals surface area contributed by atoms with Gasteiger partial charge in [0.05, 0.1) is 0 Å². The summed E-state index contributed by atoms with van der Waals surface area (Å²) in [4.78, 5) is 58.2. The SMILES string of the molecule is CCCCCCN(C(=O)C(Cc1ccccc1)NC(=O)OC(C)(C)C)C(C(=O)NC(Cc1ccccc1)C(=O)OC(C)(C)C)c1ccc(C)c(C)c1. The highest BCUT2D eigenvalue weighted by molar-refractivity contribution is 5.94. The largest absolute Gasteiger partial charge is 0.458 e. The molecule has 3 unspecified atom stereocenters. The molecular formula is C43H59N3O6. The van der Waals surface area contributed by atoms with Gasteiger partial charge in [-0.2, -0.15) is 0 Å². The highest BCUT2D eigenvalue weighted by Gasteiger charge is 2.38. The number of hydrogen-bond donors (Lipinski definition) is 2. The van der Waals surface area contributed by atoms with E-state index in [9.17, 15) is 19.2 Å². The van der Waals surface area contributed by atoms with Gasteiger partial charge >= 0.3 is 12.1 Å². The molecule has 0 aliphatic carbocycles. The van der Waals surface area contributed by atoms with Crippen molar-refractivity contribution in [1.29, 1.82) is 0 Å². The molecule has 3 amide bonds. The summed E-state index contributed by atoms with van der Waals surface area (Å²) in [6.07, 6.45) is 3.08. The lowest BCUT2D eigenvalue weighted by atomic mass is 9.96. The molecule has 0 saturated carbocycles. The summed E-state index contributed by atoms with van der Waals surface area (Å²) in [6, 6.07) is 21.4. The molecule has 9 heteroatoms. The highest BCUT2D eigenvalue weighted by Crippen LogP contribution is 2.27. The summed E-state index contributed by atoms with van der Waals surface area (Å²) in [7, 11) is 0. The second-order valence-electron chi connectivity index (χ2n) is 15.5. The van der Waals surface area contributed by atoms with E-state index in [-0.39, 0.29) is 19.4 Å². The number of aryl methyl sites for hydroxylation is 2. The highest BCUT2D eigenvalue weighted by atomic mass is 16.6. The van der Waals surface area contributed by atoms with Gasteiger partial charge in [0.2, 0.25) is 11.8 Å². The van der Waals surface area contributed by atoms with Crippen LogP contribution in [0.2, 0.25) is 0 Å². The van der Waals surface area contributed by atoms with Crippen LogP contribution in [0.4, 0.5) is 4.79 Å². The molecule has 0 aliphatic heterocycles. The van der Waals surface area contributed by atoms with Gasteiger partial charge in [-0.15, -0.1) is 0 Å². The Kier molecular flexibility index (Phi) is 15.5. The van der Waals surface area contributed by atoms with Gasteiger partial charge in [-0.05, 0) is 89.6 Å². The fourth-order valence-electron chi connectivity index (χ4n) is 5.85. The van der Waals surface area contributed by atoms with E-state index in [1.54, 1.807) is 46.4 Å². The monoisotopic (exact) mass is 713 g/mol. The molecule has 0 aliphatic rings. The molecule has 0 fully saturated rings. The number of carbonyl (C=O) groups is 4. The van der Waals surface area contributed by atoms with Crippen molar-refractivity contribution in [2.45, 2.75) is 130 Å². The van der Waals surface area contributed by atoms with E-state index in [1.807, 2.05) is 92.7 Å². The number of alkyl carbamates (subject to hydrolysis) is 1. The predicted molar refractivity (Wildman–Crippen MR) is 206 cm³/mol. The zero-order valence-electron chi connectivity index (χ0n) is 32.6. The number of unbranched alkanes of at least 4 members (excludes halogenated alkanes) is 3. The molecule has 3 aromatic carbocycles. The van der Waals surface area contributed by atoms with Gasteiger partial charge in [-0.25, -0.2) is 9.59 Å². The summed E-state index contributed by atoms with van der Waals surface area (Å²) in [5.74, 6) is -1.52. The molecule has 52 heavy (non-hydrogen) atoms. The normalized spacial score (nSPS) is 13.3. The maximum Gasteiger partial charge on any atom is 0.408 e. The van der Waals surface area contributed by atoms with Crippen molar-refractivity contribution in [2.24, 2.45) is 0 Å². The topological polar surface area (TPSA) is 114 Å². The summed E-state index contributed by atoms with van der Waals surface area (Å²) in [5, 5.41) is 5.83. The van der Waals surface area contributed by atoms with E-state index in [0.717, 1.165) is 41.5 Å². The van der Waals surface area contributed by atoms with E-state index in [4.69, 9.17) is 9.47 Å². The molecule has 0 bridgehead atoms. The van der Waals surface area contributed by atoms with Gasteiger partial charge in [0, 0.05) is 19.4 Å². The Balaban J connectivity index is 2.14. The Morgan fingerprint density at radius 2 is 1.23 bits per heavy atom. The fourth-order valence-corrected chi connectivity index (χ4v) is 5.85. The third-order valence-corrected chi connectivity index (χ3v) is 8.50. The van der Waals surface area contributed by atoms with E-state index in [1.165, 1.54) is 0 Å². The van der Waals surface area contributed by atoms with Crippen LogP contribution >= 0.6 is 0 Å². The minimum Gasteiger partial charge on any atom is -0.458 e. The van der Waals surface area contributed by atoms with Crippen LogP contribution in [0.15, 0.2) is 78.9 Å². The first kappa shape index (κ1) is 41.8. The van der Waals surface area contributed by atoms with Gasteiger partial charge < -0.3 is 25.0 Å². The van der Waals surface area contributed by atoms with E-state index >= 15 is 0 Å². The first-order valence-electron chi connectivity index (χ1n) is 18.5. The molecule has 0 heterocycles. The molecule has 0 aromatic heterocycles. The number of rotatable bonds is 16. The van der Waals surface area contributed by atoms with Crippen LogP contribution < -0.4 is 10.6 Å². The van der Waals surface area contributed by atoms with Crippen LogP contribution in [-0.4, -0.2) is 58.6 Å². The quantitative estimate of drug-likeness (QED) is 0.115. The number of nitrogens with zero attached hydrogens (tertiary/aromatic N) is 1. The molecule has 282 valence electrons. The summed E-state index contributed by atoms with van der Waals surface area (Å²) in [6.45, 7) is 16.9. The Morgan fingerprint density at radius 3 is 1.75 bits per heavy atom. The summed E-state index contributed by atoms with van der Waals surface area (Å²) >= 11 is 0. The number of esters is 1. The maximum absolute atomic E-state index is 15.0. The Hall–Kier alpha value is -4.66. The van der Waals surface area contributed by atoms with Crippen molar-refractivity contribution in [3.8, 4) is 0 Å². The van der Waals surface area contributed by atoms with Gasteiger partial charge in [-0.1, -0.05) is 105 Å². The van der Waals surface area contributed by atoms with E-state index < -0.39 is 53.2 Å². The summed E-state index contributed by atoms with van der Waals surface area (Å²) in [5.41, 5.74) is 2.69. The average molecular weight is 714 g/mol. The third kappa shape index (κ3) is 13.8. The van der Waals surface area contributed by atoms with Gasteiger partial charge in [0.25, 0.3) is 0 Å². The van der Waals surface area contributed by atoms with Crippen molar-refractivity contribution in [3.63, 3.8) is 0 Å². The molecule has 0 spiro atoms. The smallest absolute Gasteiger partial charge is 0.408 e. The number of hydrogen-bond acceptors (Lipinski definition) is 6. The average Bonchev–Trinajstić information content (AvgIpc) is 3.06. The lowest BCUT2D eigenvalue weighted by Crippen LogP contribution is -2.55. The zero-order chi connectivity index (χ0) is 38.5. The first-order valence-corrected chi connectivity index (χ1v) is 18.5. The van der Waals surface area contributed by atoms with Crippen LogP contribution in [0.5, 0.6) is 0 Å². The molecule has 2 N–H and O–H groups in total. The Labute approximate surface area is 310 Å². The third-order valence-electron chi connectivity index (χ3n) is 8.50. The van der Waals surface area contributed by atoms with Crippen LogP contribution in [0.25, 0.3) is 0 Å². The van der Waals surface area contributed by atoms with Crippen molar-refractivity contribution in [1.82, 2.24) is 15.5 Å². The number of amides is 3. The molecular weight excluding hydrogens is 654 g/mol. The van der Waals surface area contributed by atoms with Crippen molar-refractivity contribution < 1.29 is 28.7 Å². The van der Waals surface area contributed by atoms with Crippen LogP contribution in [0.3, 0.4) is 0 Å².